The van der Waals surface area contributed by atoms with Gasteiger partial charge in [-0.3, -0.25) is 19.2 Å². The highest BCUT2D eigenvalue weighted by molar-refractivity contribution is 9.09. The third kappa shape index (κ3) is 6.16. The summed E-state index contributed by atoms with van der Waals surface area (Å²) in [5.41, 5.74) is -0.754. The summed E-state index contributed by atoms with van der Waals surface area (Å²) in [7, 11) is 1.55. The van der Waals surface area contributed by atoms with Crippen LogP contribution in [-0.4, -0.2) is 95.2 Å². The standard InChI is InChI=1S/C32H42BrN3O8/c1-6-9-10-24(38)34-17-19(4)43-31(41)25-26-29(39)36(20(8-3)18-37)28(32(26)16-23(33)27(25)44-32)30(40)35(15-7-2)21-11-13-22(42-5)14-12-21/h6-7,11-14,19-20,23,25-28,37H,1-2,8-10,15-18H2,3-5H3,(H,34,38)/t19-,20-,23?,25-,26+,27-,28-,32+/m0/s1. The molecule has 1 aromatic carbocycles. The van der Waals surface area contributed by atoms with Crippen molar-refractivity contribution in [2.45, 2.75) is 74.3 Å². The lowest BCUT2D eigenvalue weighted by Crippen LogP contribution is -2.59. The summed E-state index contributed by atoms with van der Waals surface area (Å²) >= 11 is 3.66. The van der Waals surface area contributed by atoms with E-state index in [1.807, 2.05) is 6.92 Å². The van der Waals surface area contributed by atoms with Crippen LogP contribution in [-0.2, 0) is 28.7 Å². The third-order valence-electron chi connectivity index (χ3n) is 8.75. The highest BCUT2D eigenvalue weighted by atomic mass is 79.9. The largest absolute Gasteiger partial charge is 0.497 e. The number of amides is 3. The number of carbonyl (C=O) groups excluding carboxylic acids is 4. The van der Waals surface area contributed by atoms with Crippen molar-refractivity contribution < 1.29 is 38.5 Å². The zero-order chi connectivity index (χ0) is 32.2. The Kier molecular flexibility index (Phi) is 10.9. The summed E-state index contributed by atoms with van der Waals surface area (Å²) in [6.07, 6.45) is 3.39. The van der Waals surface area contributed by atoms with Gasteiger partial charge in [0.15, 0.2) is 0 Å². The fraction of sp³-hybridized carbons (Fsp3) is 0.562. The van der Waals surface area contributed by atoms with Crippen LogP contribution in [0.4, 0.5) is 5.69 Å². The lowest BCUT2D eigenvalue weighted by molar-refractivity contribution is -0.159. The van der Waals surface area contributed by atoms with Crippen molar-refractivity contribution in [3.63, 3.8) is 0 Å². The molecule has 240 valence electrons. The molecule has 3 aliphatic heterocycles. The van der Waals surface area contributed by atoms with Crippen LogP contribution in [0.2, 0.25) is 0 Å². The molecule has 1 unspecified atom stereocenters. The second-order valence-corrected chi connectivity index (χ2v) is 12.6. The SMILES string of the molecule is C=CCCC(=O)NC[C@H](C)OC(=O)[C@@H]1[C@H]2O[C@@]3(CC2Br)[C@H](C(=O)N(CC=C)c2ccc(OC)cc2)N([C@@H](CC)CO)C(=O)[C@@H]13. The minimum Gasteiger partial charge on any atom is -0.497 e. The monoisotopic (exact) mass is 675 g/mol. The smallest absolute Gasteiger partial charge is 0.312 e. The Morgan fingerprint density at radius 1 is 1.27 bits per heavy atom. The number of carbonyl (C=O) groups is 4. The van der Waals surface area contributed by atoms with E-state index in [9.17, 15) is 24.3 Å². The average Bonchev–Trinajstić information content (AvgIpc) is 3.61. The summed E-state index contributed by atoms with van der Waals surface area (Å²) in [6, 6.07) is 5.19. The molecular weight excluding hydrogens is 634 g/mol. The Labute approximate surface area is 266 Å². The van der Waals surface area contributed by atoms with Gasteiger partial charge >= 0.3 is 5.97 Å². The van der Waals surface area contributed by atoms with E-state index in [4.69, 9.17) is 14.2 Å². The van der Waals surface area contributed by atoms with E-state index < -0.39 is 59.5 Å². The highest BCUT2D eigenvalue weighted by Gasteiger charge is 2.77. The quantitative estimate of drug-likeness (QED) is 0.165. The topological polar surface area (TPSA) is 135 Å². The summed E-state index contributed by atoms with van der Waals surface area (Å²) in [5.74, 6) is -2.99. The number of likely N-dealkylation sites (tertiary alicyclic amines) is 1. The Balaban J connectivity index is 1.67. The number of aliphatic hydroxyl groups is 1. The molecule has 1 aromatic rings. The summed E-state index contributed by atoms with van der Waals surface area (Å²) < 4.78 is 17.6. The number of allylic oxidation sites excluding steroid dienone is 1. The van der Waals surface area contributed by atoms with Gasteiger partial charge in [-0.15, -0.1) is 13.2 Å². The van der Waals surface area contributed by atoms with Crippen molar-refractivity contribution in [1.82, 2.24) is 10.2 Å². The van der Waals surface area contributed by atoms with Gasteiger partial charge in [0.25, 0.3) is 5.91 Å². The van der Waals surface area contributed by atoms with E-state index in [-0.39, 0.29) is 36.9 Å². The molecule has 1 spiro atoms. The van der Waals surface area contributed by atoms with Crippen LogP contribution in [0.1, 0.15) is 39.5 Å². The number of alkyl halides is 1. The number of halogens is 1. The molecule has 12 heteroatoms. The number of hydrogen-bond donors (Lipinski definition) is 2. The number of aliphatic hydroxyl groups excluding tert-OH is 1. The molecule has 3 heterocycles. The first-order valence-corrected chi connectivity index (χ1v) is 15.9. The lowest BCUT2D eigenvalue weighted by Gasteiger charge is -2.39. The van der Waals surface area contributed by atoms with Gasteiger partial charge in [0.1, 0.15) is 23.5 Å². The molecule has 3 saturated heterocycles. The maximum atomic E-state index is 14.6. The molecular formula is C32H42BrN3O8. The number of fused-ring (bicyclic) bond motifs is 1. The van der Waals surface area contributed by atoms with Crippen LogP contribution in [0.3, 0.4) is 0 Å². The fourth-order valence-corrected chi connectivity index (χ4v) is 7.63. The van der Waals surface area contributed by atoms with E-state index in [1.165, 1.54) is 9.80 Å². The summed E-state index contributed by atoms with van der Waals surface area (Å²) in [5, 5.41) is 13.1. The maximum Gasteiger partial charge on any atom is 0.312 e. The van der Waals surface area contributed by atoms with Gasteiger partial charge in [-0.25, -0.2) is 0 Å². The zero-order valence-electron chi connectivity index (χ0n) is 25.4. The van der Waals surface area contributed by atoms with Crippen molar-refractivity contribution in [3.8, 4) is 5.75 Å². The number of nitrogens with zero attached hydrogens (tertiary/aromatic N) is 2. The molecule has 2 bridgehead atoms. The molecule has 0 aromatic heterocycles. The van der Waals surface area contributed by atoms with Gasteiger partial charge in [0.05, 0.1) is 44.2 Å². The van der Waals surface area contributed by atoms with Crippen LogP contribution >= 0.6 is 15.9 Å². The van der Waals surface area contributed by atoms with Crippen molar-refractivity contribution in [2.24, 2.45) is 11.8 Å². The molecule has 0 saturated carbocycles. The molecule has 4 rings (SSSR count). The number of methoxy groups -OCH3 is 1. The molecule has 44 heavy (non-hydrogen) atoms. The number of rotatable bonds is 15. The molecule has 0 radical (unpaired) electrons. The lowest BCUT2D eigenvalue weighted by atomic mass is 9.70. The van der Waals surface area contributed by atoms with E-state index in [2.05, 4.69) is 34.4 Å². The number of hydrogen-bond acceptors (Lipinski definition) is 8. The number of ether oxygens (including phenoxy) is 3. The average molecular weight is 677 g/mol. The number of benzene rings is 1. The van der Waals surface area contributed by atoms with E-state index in [1.54, 1.807) is 50.5 Å². The Morgan fingerprint density at radius 3 is 2.57 bits per heavy atom. The third-order valence-corrected chi connectivity index (χ3v) is 9.59. The van der Waals surface area contributed by atoms with E-state index >= 15 is 0 Å². The molecule has 0 aliphatic carbocycles. The van der Waals surface area contributed by atoms with Gasteiger partial charge in [0.2, 0.25) is 11.8 Å². The molecule has 3 fully saturated rings. The van der Waals surface area contributed by atoms with Gasteiger partial charge in [-0.2, -0.15) is 0 Å². The van der Waals surface area contributed by atoms with Crippen LogP contribution < -0.4 is 15.0 Å². The molecule has 3 aliphatic rings. The van der Waals surface area contributed by atoms with Crippen LogP contribution in [0.25, 0.3) is 0 Å². The fourth-order valence-electron chi connectivity index (χ4n) is 6.68. The van der Waals surface area contributed by atoms with Crippen LogP contribution in [0, 0.1) is 11.8 Å². The van der Waals surface area contributed by atoms with Crippen molar-refractivity contribution in [2.75, 3.05) is 31.7 Å². The molecule has 2 N–H and O–H groups in total. The maximum absolute atomic E-state index is 14.6. The van der Waals surface area contributed by atoms with Gasteiger partial charge < -0.3 is 34.4 Å². The predicted molar refractivity (Wildman–Crippen MR) is 167 cm³/mol. The van der Waals surface area contributed by atoms with Gasteiger partial charge in [0, 0.05) is 23.5 Å². The first kappa shape index (κ1) is 33.7. The first-order valence-electron chi connectivity index (χ1n) is 15.0. The summed E-state index contributed by atoms with van der Waals surface area (Å²) in [4.78, 5) is 57.3. The number of anilines is 1. The number of esters is 1. The second-order valence-electron chi connectivity index (χ2n) is 11.5. The first-order chi connectivity index (χ1) is 21.1. The Morgan fingerprint density at radius 2 is 1.98 bits per heavy atom. The van der Waals surface area contributed by atoms with Gasteiger partial charge in [-0.05, 0) is 50.5 Å². The van der Waals surface area contributed by atoms with Gasteiger partial charge in [-0.1, -0.05) is 35.0 Å². The molecule has 3 amide bonds. The van der Waals surface area contributed by atoms with Crippen molar-refractivity contribution in [3.05, 3.63) is 49.6 Å². The minimum absolute atomic E-state index is 0.107. The van der Waals surface area contributed by atoms with E-state index in [0.29, 0.717) is 30.7 Å². The zero-order valence-corrected chi connectivity index (χ0v) is 27.0. The summed E-state index contributed by atoms with van der Waals surface area (Å²) in [6.45, 7) is 10.8. The van der Waals surface area contributed by atoms with E-state index in [0.717, 1.165) is 0 Å². The normalized spacial score (nSPS) is 28.2. The molecule has 11 nitrogen and oxygen atoms in total. The number of nitrogens with one attached hydrogen (secondary N) is 1. The highest BCUT2D eigenvalue weighted by Crippen LogP contribution is 2.61. The Bertz CT molecular complexity index is 1250. The predicted octanol–water partition coefficient (Wildman–Crippen LogP) is 2.75. The Hall–Kier alpha value is -3.22. The second kappa shape index (κ2) is 14.3. The molecule has 8 atom stereocenters. The minimum atomic E-state index is -1.33. The van der Waals surface area contributed by atoms with Crippen LogP contribution in [0.15, 0.2) is 49.6 Å². The van der Waals surface area contributed by atoms with Crippen molar-refractivity contribution >= 4 is 45.3 Å². The van der Waals surface area contributed by atoms with Crippen molar-refractivity contribution in [1.29, 1.82) is 0 Å². The van der Waals surface area contributed by atoms with Crippen LogP contribution in [0.5, 0.6) is 5.75 Å².